The minimum absolute atomic E-state index is 0.664. The number of nitrogens with one attached hydrogen (secondary N) is 1. The summed E-state index contributed by atoms with van der Waals surface area (Å²) in [6.07, 6.45) is 5.56. The predicted molar refractivity (Wildman–Crippen MR) is 87.1 cm³/mol. The van der Waals surface area contributed by atoms with Gasteiger partial charge in [0.1, 0.15) is 0 Å². The Balaban J connectivity index is 1.93. The van der Waals surface area contributed by atoms with Crippen LogP contribution < -0.4 is 14.9 Å². The normalized spacial score (nSPS) is 11.0. The van der Waals surface area contributed by atoms with E-state index in [4.69, 9.17) is 9.47 Å². The molecule has 0 bridgehead atoms. The third-order valence-electron chi connectivity index (χ3n) is 2.83. The molecule has 4 nitrogen and oxygen atoms in total. The SMILES string of the molecule is COc1ccc(N/N=C\C=C\c2ccccc2)cc1OC. The quantitative estimate of drug-likeness (QED) is 0.647. The van der Waals surface area contributed by atoms with Gasteiger partial charge in [-0.3, -0.25) is 5.43 Å². The van der Waals surface area contributed by atoms with Crippen LogP contribution in [0.25, 0.3) is 6.08 Å². The van der Waals surface area contributed by atoms with Gasteiger partial charge in [-0.2, -0.15) is 5.10 Å². The number of ether oxygens (including phenoxy) is 2. The van der Waals surface area contributed by atoms with Crippen LogP contribution in [0.1, 0.15) is 5.56 Å². The number of anilines is 1. The minimum atomic E-state index is 0.664. The van der Waals surface area contributed by atoms with E-state index in [0.29, 0.717) is 11.5 Å². The molecule has 0 unspecified atom stereocenters. The van der Waals surface area contributed by atoms with Gasteiger partial charge in [-0.15, -0.1) is 0 Å². The Morgan fingerprint density at radius 2 is 1.71 bits per heavy atom. The van der Waals surface area contributed by atoms with Crippen molar-refractivity contribution in [3.8, 4) is 11.5 Å². The van der Waals surface area contributed by atoms with Crippen molar-refractivity contribution in [1.29, 1.82) is 0 Å². The smallest absolute Gasteiger partial charge is 0.162 e. The van der Waals surface area contributed by atoms with E-state index in [1.54, 1.807) is 20.4 Å². The fraction of sp³-hybridized carbons (Fsp3) is 0.118. The number of allylic oxidation sites excluding steroid dienone is 1. The maximum Gasteiger partial charge on any atom is 0.162 e. The summed E-state index contributed by atoms with van der Waals surface area (Å²) in [5.41, 5.74) is 4.90. The molecule has 2 aromatic carbocycles. The number of hydrogen-bond acceptors (Lipinski definition) is 4. The molecule has 0 saturated carbocycles. The fourth-order valence-electron chi connectivity index (χ4n) is 1.78. The summed E-state index contributed by atoms with van der Waals surface area (Å²) in [5, 5.41) is 4.13. The fourth-order valence-corrected chi connectivity index (χ4v) is 1.78. The topological polar surface area (TPSA) is 42.8 Å². The molecule has 0 atom stereocenters. The molecule has 0 radical (unpaired) electrons. The van der Waals surface area contributed by atoms with Gasteiger partial charge in [0.2, 0.25) is 0 Å². The molecule has 0 aliphatic carbocycles. The van der Waals surface area contributed by atoms with Gasteiger partial charge in [0, 0.05) is 12.3 Å². The second-order valence-corrected chi connectivity index (χ2v) is 4.23. The van der Waals surface area contributed by atoms with Crippen LogP contribution in [0.4, 0.5) is 5.69 Å². The van der Waals surface area contributed by atoms with Gasteiger partial charge in [-0.1, -0.05) is 36.4 Å². The van der Waals surface area contributed by atoms with Crippen LogP contribution in [-0.4, -0.2) is 20.4 Å². The molecule has 1 N–H and O–H groups in total. The summed E-state index contributed by atoms with van der Waals surface area (Å²) in [6.45, 7) is 0. The van der Waals surface area contributed by atoms with Crippen molar-refractivity contribution in [2.24, 2.45) is 5.10 Å². The summed E-state index contributed by atoms with van der Waals surface area (Å²) in [4.78, 5) is 0. The molecular weight excluding hydrogens is 264 g/mol. The van der Waals surface area contributed by atoms with E-state index in [2.05, 4.69) is 10.5 Å². The number of methoxy groups -OCH3 is 2. The van der Waals surface area contributed by atoms with Crippen molar-refractivity contribution in [3.05, 3.63) is 60.2 Å². The lowest BCUT2D eigenvalue weighted by Crippen LogP contribution is -1.93. The summed E-state index contributed by atoms with van der Waals surface area (Å²) >= 11 is 0. The van der Waals surface area contributed by atoms with E-state index in [1.165, 1.54) is 0 Å². The highest BCUT2D eigenvalue weighted by Crippen LogP contribution is 2.29. The number of hydrazone groups is 1. The molecule has 108 valence electrons. The number of hydrogen-bond donors (Lipinski definition) is 1. The van der Waals surface area contributed by atoms with E-state index in [-0.39, 0.29) is 0 Å². The maximum absolute atomic E-state index is 5.23. The zero-order chi connectivity index (χ0) is 14.9. The van der Waals surface area contributed by atoms with Crippen molar-refractivity contribution in [3.63, 3.8) is 0 Å². The number of rotatable bonds is 6. The average molecular weight is 282 g/mol. The van der Waals surface area contributed by atoms with Gasteiger partial charge in [-0.25, -0.2) is 0 Å². The Labute approximate surface area is 124 Å². The minimum Gasteiger partial charge on any atom is -0.493 e. The molecule has 21 heavy (non-hydrogen) atoms. The molecular formula is C17H18N2O2. The van der Waals surface area contributed by atoms with E-state index in [9.17, 15) is 0 Å². The lowest BCUT2D eigenvalue weighted by Gasteiger charge is -2.08. The molecule has 4 heteroatoms. The second kappa shape index (κ2) is 7.75. The van der Waals surface area contributed by atoms with Gasteiger partial charge < -0.3 is 9.47 Å². The Morgan fingerprint density at radius 1 is 0.952 bits per heavy atom. The number of nitrogens with zero attached hydrogens (tertiary/aromatic N) is 1. The zero-order valence-corrected chi connectivity index (χ0v) is 12.1. The van der Waals surface area contributed by atoms with Crippen LogP contribution in [0.3, 0.4) is 0 Å². The Kier molecular flexibility index (Phi) is 5.41. The molecule has 0 saturated heterocycles. The van der Waals surface area contributed by atoms with E-state index in [1.807, 2.05) is 60.7 Å². The van der Waals surface area contributed by atoms with E-state index >= 15 is 0 Å². The monoisotopic (exact) mass is 282 g/mol. The van der Waals surface area contributed by atoms with E-state index in [0.717, 1.165) is 11.3 Å². The molecule has 0 heterocycles. The molecule has 0 spiro atoms. The lowest BCUT2D eigenvalue weighted by atomic mass is 10.2. The van der Waals surface area contributed by atoms with Crippen molar-refractivity contribution >= 4 is 18.0 Å². The maximum atomic E-state index is 5.23. The Bertz CT molecular complexity index is 622. The Morgan fingerprint density at radius 3 is 2.43 bits per heavy atom. The lowest BCUT2D eigenvalue weighted by molar-refractivity contribution is 0.355. The van der Waals surface area contributed by atoms with Crippen LogP contribution in [0.5, 0.6) is 11.5 Å². The first-order valence-corrected chi connectivity index (χ1v) is 6.56. The summed E-state index contributed by atoms with van der Waals surface area (Å²) in [6, 6.07) is 15.6. The summed E-state index contributed by atoms with van der Waals surface area (Å²) in [7, 11) is 3.21. The van der Waals surface area contributed by atoms with Crippen molar-refractivity contribution in [1.82, 2.24) is 0 Å². The van der Waals surface area contributed by atoms with Gasteiger partial charge in [0.15, 0.2) is 11.5 Å². The third-order valence-corrected chi connectivity index (χ3v) is 2.83. The highest BCUT2D eigenvalue weighted by Gasteiger charge is 2.03. The first-order valence-electron chi connectivity index (χ1n) is 6.56. The molecule has 2 rings (SSSR count). The molecule has 0 aromatic heterocycles. The van der Waals surface area contributed by atoms with Crippen molar-refractivity contribution in [2.45, 2.75) is 0 Å². The highest BCUT2D eigenvalue weighted by molar-refractivity contribution is 5.78. The first kappa shape index (κ1) is 14.7. The highest BCUT2D eigenvalue weighted by atomic mass is 16.5. The summed E-state index contributed by atoms with van der Waals surface area (Å²) in [5.74, 6) is 1.36. The molecule has 0 aliphatic heterocycles. The van der Waals surface area contributed by atoms with Crippen LogP contribution in [0.15, 0.2) is 59.7 Å². The number of benzene rings is 2. The first-order chi connectivity index (χ1) is 10.3. The third kappa shape index (κ3) is 4.38. The van der Waals surface area contributed by atoms with Gasteiger partial charge in [-0.05, 0) is 23.8 Å². The van der Waals surface area contributed by atoms with Crippen LogP contribution in [0.2, 0.25) is 0 Å². The largest absolute Gasteiger partial charge is 0.493 e. The van der Waals surface area contributed by atoms with E-state index < -0.39 is 0 Å². The van der Waals surface area contributed by atoms with Gasteiger partial charge >= 0.3 is 0 Å². The molecule has 0 fully saturated rings. The molecule has 2 aromatic rings. The van der Waals surface area contributed by atoms with Crippen LogP contribution in [0, 0.1) is 0 Å². The predicted octanol–water partition coefficient (Wildman–Crippen LogP) is 3.81. The summed E-state index contributed by atoms with van der Waals surface area (Å²) < 4.78 is 10.4. The molecule has 0 aliphatic rings. The molecule has 0 amide bonds. The van der Waals surface area contributed by atoms with Gasteiger partial charge in [0.25, 0.3) is 0 Å². The average Bonchev–Trinajstić information content (AvgIpc) is 2.55. The van der Waals surface area contributed by atoms with Crippen molar-refractivity contribution < 1.29 is 9.47 Å². The van der Waals surface area contributed by atoms with Gasteiger partial charge in [0.05, 0.1) is 19.9 Å². The Hall–Kier alpha value is -2.75. The standard InChI is InChI=1S/C17H18N2O2/c1-20-16-11-10-15(13-17(16)21-2)19-18-12-6-9-14-7-4-3-5-8-14/h3-13,19H,1-2H3/b9-6+,18-12-. The van der Waals surface area contributed by atoms with Crippen molar-refractivity contribution in [2.75, 3.05) is 19.6 Å². The second-order valence-electron chi connectivity index (χ2n) is 4.23. The zero-order valence-electron chi connectivity index (χ0n) is 12.1. The van der Waals surface area contributed by atoms with Crippen LogP contribution >= 0.6 is 0 Å². The van der Waals surface area contributed by atoms with Crippen LogP contribution in [-0.2, 0) is 0 Å².